The predicted octanol–water partition coefficient (Wildman–Crippen LogP) is 2.13. The molecular weight excluding hydrogens is 223 g/mol. The molecule has 1 aromatic carbocycles. The summed E-state index contributed by atoms with van der Waals surface area (Å²) >= 11 is 0. The molecule has 0 radical (unpaired) electrons. The molecule has 1 fully saturated rings. The molecule has 1 atom stereocenters. The van der Waals surface area contributed by atoms with Crippen molar-refractivity contribution < 1.29 is 13.9 Å². The van der Waals surface area contributed by atoms with E-state index in [4.69, 9.17) is 4.74 Å². The Morgan fingerprint density at radius 1 is 1.59 bits per heavy atom. The van der Waals surface area contributed by atoms with Crippen LogP contribution in [0.25, 0.3) is 0 Å². The highest BCUT2D eigenvalue weighted by molar-refractivity contribution is 5.84. The van der Waals surface area contributed by atoms with Gasteiger partial charge in [-0.1, -0.05) is 6.07 Å². The van der Waals surface area contributed by atoms with Crippen molar-refractivity contribution in [2.24, 2.45) is 0 Å². The van der Waals surface area contributed by atoms with Crippen LogP contribution in [0.3, 0.4) is 0 Å². The van der Waals surface area contributed by atoms with Crippen LogP contribution in [0.5, 0.6) is 0 Å². The molecule has 0 spiro atoms. The summed E-state index contributed by atoms with van der Waals surface area (Å²) in [6.07, 6.45) is 1.58. The van der Waals surface area contributed by atoms with Crippen LogP contribution in [0.2, 0.25) is 0 Å². The van der Waals surface area contributed by atoms with Crippen LogP contribution >= 0.6 is 0 Å². The third kappa shape index (κ3) is 3.71. The van der Waals surface area contributed by atoms with Crippen LogP contribution in [0, 0.1) is 5.82 Å². The lowest BCUT2D eigenvalue weighted by Crippen LogP contribution is -2.29. The molecule has 1 amide bonds. The highest BCUT2D eigenvalue weighted by Crippen LogP contribution is 2.10. The van der Waals surface area contributed by atoms with Crippen LogP contribution in [0.1, 0.15) is 12.8 Å². The van der Waals surface area contributed by atoms with E-state index in [0.29, 0.717) is 12.3 Å². The highest BCUT2D eigenvalue weighted by atomic mass is 19.1. The summed E-state index contributed by atoms with van der Waals surface area (Å²) < 4.78 is 17.9. The van der Waals surface area contributed by atoms with Crippen molar-refractivity contribution >= 4 is 11.8 Å². The molecule has 2 N–H and O–H groups in total. The molecule has 1 heterocycles. The molecule has 2 rings (SSSR count). The van der Waals surface area contributed by atoms with Gasteiger partial charge in [0.15, 0.2) is 0 Å². The Hall–Kier alpha value is -1.62. The van der Waals surface area contributed by atoms with E-state index in [1.165, 1.54) is 18.2 Å². The van der Waals surface area contributed by atoms with Gasteiger partial charge >= 0.3 is 6.09 Å². The van der Waals surface area contributed by atoms with Crippen LogP contribution in [0.15, 0.2) is 24.3 Å². The first-order valence-corrected chi connectivity index (χ1v) is 5.67. The molecule has 17 heavy (non-hydrogen) atoms. The van der Waals surface area contributed by atoms with Gasteiger partial charge in [-0.15, -0.1) is 0 Å². The first-order valence-electron chi connectivity index (χ1n) is 5.67. The first kappa shape index (κ1) is 11.9. The second-order valence-electron chi connectivity index (χ2n) is 4.03. The molecule has 0 bridgehead atoms. The minimum atomic E-state index is -0.552. The molecule has 1 saturated heterocycles. The Labute approximate surface area is 99.2 Å². The normalized spacial score (nSPS) is 19.0. The van der Waals surface area contributed by atoms with E-state index >= 15 is 0 Å². The lowest BCUT2D eigenvalue weighted by Gasteiger charge is -2.11. The van der Waals surface area contributed by atoms with Gasteiger partial charge in [-0.05, 0) is 37.6 Å². The number of hydrogen-bond donors (Lipinski definition) is 2. The number of benzene rings is 1. The van der Waals surface area contributed by atoms with Gasteiger partial charge in [-0.3, -0.25) is 5.32 Å². The van der Waals surface area contributed by atoms with E-state index < -0.39 is 6.09 Å². The Balaban J connectivity index is 1.76. The number of ether oxygens (including phenoxy) is 1. The van der Waals surface area contributed by atoms with E-state index in [0.717, 1.165) is 19.4 Å². The fourth-order valence-electron chi connectivity index (χ4n) is 1.80. The van der Waals surface area contributed by atoms with Crippen LogP contribution in [-0.2, 0) is 4.74 Å². The van der Waals surface area contributed by atoms with E-state index in [9.17, 15) is 9.18 Å². The summed E-state index contributed by atoms with van der Waals surface area (Å²) in [5.41, 5.74) is 0.398. The molecule has 5 heteroatoms. The smallest absolute Gasteiger partial charge is 0.411 e. The zero-order chi connectivity index (χ0) is 12.1. The minimum Gasteiger partial charge on any atom is -0.448 e. The van der Waals surface area contributed by atoms with E-state index in [1.807, 2.05) is 0 Å². The Kier molecular flexibility index (Phi) is 3.93. The number of rotatable bonds is 3. The fourth-order valence-corrected chi connectivity index (χ4v) is 1.80. The molecule has 92 valence electrons. The van der Waals surface area contributed by atoms with E-state index in [1.54, 1.807) is 6.07 Å². The Morgan fingerprint density at radius 3 is 3.18 bits per heavy atom. The molecule has 0 saturated carbocycles. The summed E-state index contributed by atoms with van der Waals surface area (Å²) in [6, 6.07) is 5.95. The van der Waals surface area contributed by atoms with Gasteiger partial charge in [0.1, 0.15) is 12.4 Å². The van der Waals surface area contributed by atoms with E-state index in [-0.39, 0.29) is 11.9 Å². The van der Waals surface area contributed by atoms with Crippen molar-refractivity contribution in [2.45, 2.75) is 18.9 Å². The SMILES string of the molecule is O=C(Nc1cccc(F)c1)OCC1CCCN1. The topological polar surface area (TPSA) is 50.4 Å². The average molecular weight is 238 g/mol. The Bertz CT molecular complexity index is 392. The number of amides is 1. The second-order valence-corrected chi connectivity index (χ2v) is 4.03. The quantitative estimate of drug-likeness (QED) is 0.848. The lowest BCUT2D eigenvalue weighted by atomic mass is 10.2. The summed E-state index contributed by atoms with van der Waals surface area (Å²) in [5, 5.41) is 5.70. The fraction of sp³-hybridized carbons (Fsp3) is 0.417. The molecule has 1 aromatic rings. The van der Waals surface area contributed by atoms with Crippen molar-refractivity contribution in [3.05, 3.63) is 30.1 Å². The third-order valence-corrected chi connectivity index (χ3v) is 2.65. The number of nitrogens with one attached hydrogen (secondary N) is 2. The van der Waals surface area contributed by atoms with Crippen molar-refractivity contribution in [3.8, 4) is 0 Å². The monoisotopic (exact) mass is 238 g/mol. The number of halogens is 1. The summed E-state index contributed by atoms with van der Waals surface area (Å²) in [7, 11) is 0. The van der Waals surface area contributed by atoms with Gasteiger partial charge < -0.3 is 10.1 Å². The van der Waals surface area contributed by atoms with Crippen LogP contribution in [-0.4, -0.2) is 25.3 Å². The zero-order valence-corrected chi connectivity index (χ0v) is 9.41. The molecule has 1 aliphatic rings. The third-order valence-electron chi connectivity index (χ3n) is 2.65. The molecule has 1 aliphatic heterocycles. The maximum Gasteiger partial charge on any atom is 0.411 e. The number of anilines is 1. The molecule has 1 unspecified atom stereocenters. The minimum absolute atomic E-state index is 0.244. The van der Waals surface area contributed by atoms with Gasteiger partial charge in [0.25, 0.3) is 0 Å². The molecule has 0 aliphatic carbocycles. The summed E-state index contributed by atoms with van der Waals surface area (Å²) in [5.74, 6) is -0.389. The zero-order valence-electron chi connectivity index (χ0n) is 9.41. The van der Waals surface area contributed by atoms with Crippen LogP contribution in [0.4, 0.5) is 14.9 Å². The lowest BCUT2D eigenvalue weighted by molar-refractivity contribution is 0.151. The van der Waals surface area contributed by atoms with Crippen molar-refractivity contribution in [3.63, 3.8) is 0 Å². The molecule has 4 nitrogen and oxygen atoms in total. The van der Waals surface area contributed by atoms with Gasteiger partial charge in [0, 0.05) is 11.7 Å². The molecule has 0 aromatic heterocycles. The van der Waals surface area contributed by atoms with Gasteiger partial charge in [0.2, 0.25) is 0 Å². The standard InChI is InChI=1S/C12H15FN2O2/c13-9-3-1-4-10(7-9)15-12(16)17-8-11-5-2-6-14-11/h1,3-4,7,11,14H,2,5-6,8H2,(H,15,16). The predicted molar refractivity (Wildman–Crippen MR) is 62.4 cm³/mol. The second kappa shape index (κ2) is 5.63. The number of hydrogen-bond acceptors (Lipinski definition) is 3. The maximum atomic E-state index is 12.8. The highest BCUT2D eigenvalue weighted by Gasteiger charge is 2.15. The average Bonchev–Trinajstić information content (AvgIpc) is 2.79. The summed E-state index contributed by atoms with van der Waals surface area (Å²) in [6.45, 7) is 1.32. The first-order chi connectivity index (χ1) is 8.24. The van der Waals surface area contributed by atoms with Crippen LogP contribution < -0.4 is 10.6 Å². The van der Waals surface area contributed by atoms with Crippen molar-refractivity contribution in [1.29, 1.82) is 0 Å². The van der Waals surface area contributed by atoms with Crippen molar-refractivity contribution in [1.82, 2.24) is 5.32 Å². The largest absolute Gasteiger partial charge is 0.448 e. The van der Waals surface area contributed by atoms with Gasteiger partial charge in [0.05, 0.1) is 0 Å². The number of carbonyl (C=O) groups is 1. The van der Waals surface area contributed by atoms with Gasteiger partial charge in [-0.2, -0.15) is 0 Å². The van der Waals surface area contributed by atoms with E-state index in [2.05, 4.69) is 10.6 Å². The number of carbonyl (C=O) groups excluding carboxylic acids is 1. The van der Waals surface area contributed by atoms with Gasteiger partial charge in [-0.25, -0.2) is 9.18 Å². The Morgan fingerprint density at radius 2 is 2.47 bits per heavy atom. The van der Waals surface area contributed by atoms with Crippen molar-refractivity contribution in [2.75, 3.05) is 18.5 Å². The maximum absolute atomic E-state index is 12.8. The summed E-state index contributed by atoms with van der Waals surface area (Å²) in [4.78, 5) is 11.4. The molecular formula is C12H15FN2O2.